The van der Waals surface area contributed by atoms with Crippen LogP contribution in [0, 0.1) is 5.92 Å². The minimum atomic E-state index is 0.410. The number of fused-ring (bicyclic) bond motifs is 1. The van der Waals surface area contributed by atoms with Crippen molar-refractivity contribution in [1.29, 1.82) is 0 Å². The van der Waals surface area contributed by atoms with Crippen LogP contribution in [0.4, 0.5) is 0 Å². The maximum absolute atomic E-state index is 6.05. The molecule has 1 atom stereocenters. The predicted molar refractivity (Wildman–Crippen MR) is 77.1 cm³/mol. The number of nitrogens with two attached hydrogens (primary N) is 1. The fourth-order valence-electron chi connectivity index (χ4n) is 3.46. The third kappa shape index (κ3) is 2.83. The largest absolute Gasteiger partial charge is 0.381 e. The lowest BCUT2D eigenvalue weighted by Gasteiger charge is -2.39. The van der Waals surface area contributed by atoms with Crippen molar-refractivity contribution in [3.8, 4) is 0 Å². The van der Waals surface area contributed by atoms with Crippen LogP contribution < -0.4 is 5.73 Å². The molecular formula is C16H24N2O. The van der Waals surface area contributed by atoms with Gasteiger partial charge in [-0.2, -0.15) is 0 Å². The molecule has 0 saturated carbocycles. The summed E-state index contributed by atoms with van der Waals surface area (Å²) in [5, 5.41) is 0. The van der Waals surface area contributed by atoms with Gasteiger partial charge in [-0.05, 0) is 36.3 Å². The second kappa shape index (κ2) is 6.04. The third-order valence-corrected chi connectivity index (χ3v) is 4.58. The Balaban J connectivity index is 1.72. The van der Waals surface area contributed by atoms with Crippen LogP contribution in [0.2, 0.25) is 0 Å². The highest BCUT2D eigenvalue weighted by Crippen LogP contribution is 2.30. The van der Waals surface area contributed by atoms with E-state index in [1.807, 2.05) is 0 Å². The zero-order chi connectivity index (χ0) is 13.1. The molecule has 2 aliphatic heterocycles. The lowest BCUT2D eigenvalue weighted by atomic mass is 9.90. The van der Waals surface area contributed by atoms with Gasteiger partial charge in [-0.25, -0.2) is 0 Å². The average molecular weight is 260 g/mol. The van der Waals surface area contributed by atoms with E-state index in [-0.39, 0.29) is 0 Å². The van der Waals surface area contributed by atoms with Crippen molar-refractivity contribution in [3.05, 3.63) is 35.4 Å². The SMILES string of the molecule is NCC1c2ccccc2CCN1CC1CCOCC1. The molecule has 1 fully saturated rings. The maximum Gasteiger partial charge on any atom is 0.0473 e. The molecule has 0 amide bonds. The third-order valence-electron chi connectivity index (χ3n) is 4.58. The van der Waals surface area contributed by atoms with Gasteiger partial charge in [0, 0.05) is 38.9 Å². The van der Waals surface area contributed by atoms with E-state index in [1.54, 1.807) is 0 Å². The number of nitrogens with zero attached hydrogens (tertiary/aromatic N) is 1. The smallest absolute Gasteiger partial charge is 0.0473 e. The van der Waals surface area contributed by atoms with Crippen molar-refractivity contribution in [2.45, 2.75) is 25.3 Å². The van der Waals surface area contributed by atoms with Crippen LogP contribution in [-0.4, -0.2) is 37.7 Å². The predicted octanol–water partition coefficient (Wildman–Crippen LogP) is 1.97. The Morgan fingerprint density at radius 3 is 2.79 bits per heavy atom. The molecule has 0 spiro atoms. The number of benzene rings is 1. The molecule has 0 aromatic heterocycles. The van der Waals surface area contributed by atoms with Crippen molar-refractivity contribution in [3.63, 3.8) is 0 Å². The van der Waals surface area contributed by atoms with Gasteiger partial charge in [-0.3, -0.25) is 4.90 Å². The van der Waals surface area contributed by atoms with E-state index < -0.39 is 0 Å². The first-order valence-electron chi connectivity index (χ1n) is 7.48. The summed E-state index contributed by atoms with van der Waals surface area (Å²) in [6.07, 6.45) is 3.57. The Labute approximate surface area is 115 Å². The van der Waals surface area contributed by atoms with Crippen molar-refractivity contribution < 1.29 is 4.74 Å². The molecule has 1 aromatic carbocycles. The molecule has 3 nitrogen and oxygen atoms in total. The van der Waals surface area contributed by atoms with Gasteiger partial charge in [-0.15, -0.1) is 0 Å². The summed E-state index contributed by atoms with van der Waals surface area (Å²) < 4.78 is 5.46. The van der Waals surface area contributed by atoms with Crippen molar-refractivity contribution in [2.75, 3.05) is 32.8 Å². The molecule has 1 aromatic rings. The second-order valence-electron chi connectivity index (χ2n) is 5.75. The summed E-state index contributed by atoms with van der Waals surface area (Å²) in [5.74, 6) is 0.785. The molecule has 0 radical (unpaired) electrons. The van der Waals surface area contributed by atoms with E-state index in [4.69, 9.17) is 10.5 Å². The lowest BCUT2D eigenvalue weighted by molar-refractivity contribution is 0.0441. The summed E-state index contributed by atoms with van der Waals surface area (Å²) in [6.45, 7) is 4.92. The minimum absolute atomic E-state index is 0.410. The van der Waals surface area contributed by atoms with Crippen LogP contribution in [0.3, 0.4) is 0 Å². The molecule has 2 heterocycles. The number of hydrogen-bond acceptors (Lipinski definition) is 3. The standard InChI is InChI=1S/C16H24N2O/c17-11-16-15-4-2-1-3-14(15)5-8-18(16)12-13-6-9-19-10-7-13/h1-4,13,16H,5-12,17H2. The molecular weight excluding hydrogens is 236 g/mol. The van der Waals surface area contributed by atoms with Crippen molar-refractivity contribution in [2.24, 2.45) is 11.7 Å². The molecule has 1 saturated heterocycles. The van der Waals surface area contributed by atoms with Crippen molar-refractivity contribution >= 4 is 0 Å². The first kappa shape index (κ1) is 13.1. The van der Waals surface area contributed by atoms with Crippen LogP contribution in [-0.2, 0) is 11.2 Å². The molecule has 2 N–H and O–H groups in total. The van der Waals surface area contributed by atoms with Crippen LogP contribution in [0.5, 0.6) is 0 Å². The maximum atomic E-state index is 6.05. The van der Waals surface area contributed by atoms with Gasteiger partial charge in [-0.1, -0.05) is 24.3 Å². The number of ether oxygens (including phenoxy) is 1. The highest BCUT2D eigenvalue weighted by molar-refractivity contribution is 5.32. The summed E-state index contributed by atoms with van der Waals surface area (Å²) in [6, 6.07) is 9.19. The van der Waals surface area contributed by atoms with Gasteiger partial charge in [0.1, 0.15) is 0 Å². The van der Waals surface area contributed by atoms with Crippen LogP contribution in [0.25, 0.3) is 0 Å². The molecule has 104 valence electrons. The molecule has 1 unspecified atom stereocenters. The highest BCUT2D eigenvalue weighted by Gasteiger charge is 2.28. The van der Waals surface area contributed by atoms with Gasteiger partial charge in [0.25, 0.3) is 0 Å². The van der Waals surface area contributed by atoms with E-state index >= 15 is 0 Å². The van der Waals surface area contributed by atoms with Gasteiger partial charge in [0.2, 0.25) is 0 Å². The van der Waals surface area contributed by atoms with Gasteiger partial charge in [0.05, 0.1) is 0 Å². The van der Waals surface area contributed by atoms with Crippen LogP contribution in [0.15, 0.2) is 24.3 Å². The first-order valence-corrected chi connectivity index (χ1v) is 7.48. The Morgan fingerprint density at radius 1 is 1.21 bits per heavy atom. The molecule has 3 heteroatoms. The molecule has 2 aliphatic rings. The zero-order valence-electron chi connectivity index (χ0n) is 11.6. The highest BCUT2D eigenvalue weighted by atomic mass is 16.5. The van der Waals surface area contributed by atoms with Crippen LogP contribution >= 0.6 is 0 Å². The Kier molecular flexibility index (Phi) is 4.16. The summed E-state index contributed by atoms with van der Waals surface area (Å²) in [7, 11) is 0. The van der Waals surface area contributed by atoms with Crippen LogP contribution in [0.1, 0.15) is 30.0 Å². The van der Waals surface area contributed by atoms with Gasteiger partial charge < -0.3 is 10.5 Å². The number of hydrogen-bond donors (Lipinski definition) is 1. The molecule has 0 aliphatic carbocycles. The second-order valence-corrected chi connectivity index (χ2v) is 5.75. The van der Waals surface area contributed by atoms with E-state index in [0.29, 0.717) is 6.04 Å². The van der Waals surface area contributed by atoms with Gasteiger partial charge in [0.15, 0.2) is 0 Å². The number of rotatable bonds is 3. The first-order chi connectivity index (χ1) is 9.38. The van der Waals surface area contributed by atoms with E-state index in [0.717, 1.165) is 38.6 Å². The van der Waals surface area contributed by atoms with E-state index in [2.05, 4.69) is 29.2 Å². The summed E-state index contributed by atoms with van der Waals surface area (Å²) in [5.41, 5.74) is 8.98. The monoisotopic (exact) mass is 260 g/mol. The minimum Gasteiger partial charge on any atom is -0.381 e. The molecule has 0 bridgehead atoms. The topological polar surface area (TPSA) is 38.5 Å². The molecule has 3 rings (SSSR count). The van der Waals surface area contributed by atoms with E-state index in [1.165, 1.54) is 30.5 Å². The average Bonchev–Trinajstić information content (AvgIpc) is 2.48. The fourth-order valence-corrected chi connectivity index (χ4v) is 3.46. The summed E-state index contributed by atoms with van der Waals surface area (Å²) in [4.78, 5) is 2.60. The van der Waals surface area contributed by atoms with E-state index in [9.17, 15) is 0 Å². The van der Waals surface area contributed by atoms with Gasteiger partial charge >= 0.3 is 0 Å². The van der Waals surface area contributed by atoms with Crippen molar-refractivity contribution in [1.82, 2.24) is 4.90 Å². The Hall–Kier alpha value is -0.900. The quantitative estimate of drug-likeness (QED) is 0.903. The summed E-state index contributed by atoms with van der Waals surface area (Å²) >= 11 is 0. The Bertz CT molecular complexity index is 415. The Morgan fingerprint density at radius 2 is 2.00 bits per heavy atom. The normalized spacial score (nSPS) is 25.2. The lowest BCUT2D eigenvalue weighted by Crippen LogP contribution is -2.42. The fraction of sp³-hybridized carbons (Fsp3) is 0.625. The molecule has 19 heavy (non-hydrogen) atoms. The zero-order valence-corrected chi connectivity index (χ0v) is 11.6.